The van der Waals surface area contributed by atoms with Gasteiger partial charge in [0.1, 0.15) is 0 Å². The van der Waals surface area contributed by atoms with Crippen molar-refractivity contribution in [2.45, 2.75) is 31.8 Å². The first-order valence-corrected chi connectivity index (χ1v) is 5.82. The van der Waals surface area contributed by atoms with Crippen LogP contribution in [0.2, 0.25) is 0 Å². The molecule has 0 bridgehead atoms. The van der Waals surface area contributed by atoms with Crippen LogP contribution in [-0.2, 0) is 5.41 Å². The monoisotopic (exact) mass is 233 g/mol. The fraction of sp³-hybridized carbons (Fsp3) is 0.500. The maximum Gasteiger partial charge on any atom is 0.0870 e. The van der Waals surface area contributed by atoms with Gasteiger partial charge in [0.15, 0.2) is 0 Å². The predicted octanol–water partition coefficient (Wildman–Crippen LogP) is 1.85. The van der Waals surface area contributed by atoms with Gasteiger partial charge in [0.05, 0.1) is 24.2 Å². The SMILES string of the molecule is CC(C)[C@@](C#N)(C[C@@H](O)CO)c1ccccc1. The second-order valence-corrected chi connectivity index (χ2v) is 4.64. The summed E-state index contributed by atoms with van der Waals surface area (Å²) in [6, 6.07) is 11.8. The van der Waals surface area contributed by atoms with Crippen LogP contribution in [0.5, 0.6) is 0 Å². The molecule has 2 N–H and O–H groups in total. The zero-order chi connectivity index (χ0) is 12.9. The molecule has 1 rings (SSSR count). The van der Waals surface area contributed by atoms with Crippen LogP contribution in [0.3, 0.4) is 0 Å². The Kier molecular flexibility index (Phi) is 4.68. The second-order valence-electron chi connectivity index (χ2n) is 4.64. The Balaban J connectivity index is 3.15. The highest BCUT2D eigenvalue weighted by Crippen LogP contribution is 2.36. The van der Waals surface area contributed by atoms with Crippen molar-refractivity contribution in [1.82, 2.24) is 0 Å². The predicted molar refractivity (Wildman–Crippen MR) is 66.3 cm³/mol. The van der Waals surface area contributed by atoms with Gasteiger partial charge in [0, 0.05) is 0 Å². The van der Waals surface area contributed by atoms with E-state index >= 15 is 0 Å². The summed E-state index contributed by atoms with van der Waals surface area (Å²) in [5, 5.41) is 28.1. The van der Waals surface area contributed by atoms with Crippen LogP contribution in [0.25, 0.3) is 0 Å². The summed E-state index contributed by atoms with van der Waals surface area (Å²) in [7, 11) is 0. The Hall–Kier alpha value is -1.37. The Bertz CT molecular complexity index is 383. The first-order chi connectivity index (χ1) is 8.06. The molecule has 0 amide bonds. The molecule has 0 aliphatic rings. The molecule has 0 aromatic heterocycles. The molecule has 17 heavy (non-hydrogen) atoms. The van der Waals surface area contributed by atoms with Crippen molar-refractivity contribution in [1.29, 1.82) is 5.26 Å². The number of aliphatic hydroxyl groups excluding tert-OH is 2. The largest absolute Gasteiger partial charge is 0.394 e. The molecule has 0 heterocycles. The molecular weight excluding hydrogens is 214 g/mol. The van der Waals surface area contributed by atoms with Gasteiger partial charge in [0.25, 0.3) is 0 Å². The van der Waals surface area contributed by atoms with Gasteiger partial charge in [-0.1, -0.05) is 44.2 Å². The molecule has 3 nitrogen and oxygen atoms in total. The van der Waals surface area contributed by atoms with E-state index < -0.39 is 11.5 Å². The van der Waals surface area contributed by atoms with Crippen LogP contribution in [0, 0.1) is 17.2 Å². The molecule has 0 fully saturated rings. The average molecular weight is 233 g/mol. The first-order valence-electron chi connectivity index (χ1n) is 5.82. The van der Waals surface area contributed by atoms with Crippen molar-refractivity contribution >= 4 is 0 Å². The third kappa shape index (κ3) is 2.85. The number of nitrogens with zero attached hydrogens (tertiary/aromatic N) is 1. The molecule has 92 valence electrons. The Morgan fingerprint density at radius 1 is 1.29 bits per heavy atom. The van der Waals surface area contributed by atoms with E-state index in [1.54, 1.807) is 0 Å². The number of benzene rings is 1. The maximum absolute atomic E-state index is 9.63. The molecule has 1 aromatic rings. The molecule has 0 saturated heterocycles. The van der Waals surface area contributed by atoms with Crippen molar-refractivity contribution in [3.8, 4) is 6.07 Å². The molecule has 0 radical (unpaired) electrons. The molecule has 0 saturated carbocycles. The van der Waals surface area contributed by atoms with Gasteiger partial charge in [-0.3, -0.25) is 0 Å². The molecular formula is C14H19NO2. The van der Waals surface area contributed by atoms with E-state index in [0.717, 1.165) is 5.56 Å². The quantitative estimate of drug-likeness (QED) is 0.815. The van der Waals surface area contributed by atoms with Crippen molar-refractivity contribution < 1.29 is 10.2 Å². The summed E-state index contributed by atoms with van der Waals surface area (Å²) >= 11 is 0. The normalized spacial score (nSPS) is 16.2. The number of aliphatic hydroxyl groups is 2. The second kappa shape index (κ2) is 5.81. The van der Waals surface area contributed by atoms with Gasteiger partial charge >= 0.3 is 0 Å². The third-order valence-corrected chi connectivity index (χ3v) is 3.24. The standard InChI is InChI=1S/C14H19NO2/c1-11(2)14(10-15,8-13(17)9-16)12-6-4-3-5-7-12/h3-7,11,13,16-17H,8-9H2,1-2H3/t13-,14+/m1/s1. The molecule has 3 heteroatoms. The van der Waals surface area contributed by atoms with E-state index in [1.165, 1.54) is 0 Å². The maximum atomic E-state index is 9.63. The average Bonchev–Trinajstić information content (AvgIpc) is 2.36. The minimum atomic E-state index is -0.864. The summed E-state index contributed by atoms with van der Waals surface area (Å²) in [6.07, 6.45) is -0.612. The van der Waals surface area contributed by atoms with Crippen molar-refractivity contribution in [3.05, 3.63) is 35.9 Å². The smallest absolute Gasteiger partial charge is 0.0870 e. The molecule has 0 unspecified atom stereocenters. The summed E-state index contributed by atoms with van der Waals surface area (Å²) in [5.74, 6) is 0.0658. The van der Waals surface area contributed by atoms with E-state index in [2.05, 4.69) is 6.07 Å². The van der Waals surface area contributed by atoms with Crippen molar-refractivity contribution in [2.75, 3.05) is 6.61 Å². The van der Waals surface area contributed by atoms with Crippen LogP contribution < -0.4 is 0 Å². The molecule has 0 aliphatic carbocycles. The fourth-order valence-electron chi connectivity index (χ4n) is 2.10. The van der Waals surface area contributed by atoms with E-state index in [-0.39, 0.29) is 18.9 Å². The minimum Gasteiger partial charge on any atom is -0.394 e. The van der Waals surface area contributed by atoms with Crippen molar-refractivity contribution in [3.63, 3.8) is 0 Å². The Morgan fingerprint density at radius 2 is 1.88 bits per heavy atom. The number of rotatable bonds is 5. The van der Waals surface area contributed by atoms with Gasteiger partial charge in [-0.2, -0.15) is 5.26 Å². The van der Waals surface area contributed by atoms with Gasteiger partial charge in [-0.25, -0.2) is 0 Å². The van der Waals surface area contributed by atoms with Crippen LogP contribution in [0.4, 0.5) is 0 Å². The topological polar surface area (TPSA) is 64.2 Å². The lowest BCUT2D eigenvalue weighted by atomic mass is 9.69. The highest BCUT2D eigenvalue weighted by Gasteiger charge is 2.37. The highest BCUT2D eigenvalue weighted by atomic mass is 16.3. The van der Waals surface area contributed by atoms with E-state index in [0.29, 0.717) is 0 Å². The lowest BCUT2D eigenvalue weighted by Crippen LogP contribution is -2.36. The van der Waals surface area contributed by atoms with Crippen LogP contribution in [0.1, 0.15) is 25.8 Å². The van der Waals surface area contributed by atoms with Crippen LogP contribution in [0.15, 0.2) is 30.3 Å². The lowest BCUT2D eigenvalue weighted by Gasteiger charge is -2.32. The summed E-state index contributed by atoms with van der Waals surface area (Å²) in [4.78, 5) is 0. The molecule has 1 aromatic carbocycles. The van der Waals surface area contributed by atoms with E-state index in [1.807, 2.05) is 44.2 Å². The summed E-state index contributed by atoms with van der Waals surface area (Å²) in [5.41, 5.74) is 0.147. The zero-order valence-corrected chi connectivity index (χ0v) is 10.3. The number of hydrogen-bond donors (Lipinski definition) is 2. The highest BCUT2D eigenvalue weighted by molar-refractivity contribution is 5.33. The molecule has 0 aliphatic heterocycles. The van der Waals surface area contributed by atoms with Gasteiger partial charge < -0.3 is 10.2 Å². The van der Waals surface area contributed by atoms with Crippen LogP contribution >= 0.6 is 0 Å². The number of hydrogen-bond acceptors (Lipinski definition) is 3. The first kappa shape index (κ1) is 13.7. The Morgan fingerprint density at radius 3 is 2.29 bits per heavy atom. The molecule has 2 atom stereocenters. The van der Waals surface area contributed by atoms with Gasteiger partial charge in [-0.05, 0) is 17.9 Å². The fourth-order valence-corrected chi connectivity index (χ4v) is 2.10. The van der Waals surface area contributed by atoms with Gasteiger partial charge in [0.2, 0.25) is 0 Å². The third-order valence-electron chi connectivity index (χ3n) is 3.24. The van der Waals surface area contributed by atoms with E-state index in [9.17, 15) is 10.4 Å². The summed E-state index contributed by atoms with van der Waals surface area (Å²) < 4.78 is 0. The summed E-state index contributed by atoms with van der Waals surface area (Å²) in [6.45, 7) is 3.60. The Labute approximate surface area is 102 Å². The lowest BCUT2D eigenvalue weighted by molar-refractivity contribution is 0.0675. The zero-order valence-electron chi connectivity index (χ0n) is 10.3. The van der Waals surface area contributed by atoms with Crippen LogP contribution in [-0.4, -0.2) is 22.9 Å². The van der Waals surface area contributed by atoms with E-state index in [4.69, 9.17) is 5.11 Å². The minimum absolute atomic E-state index is 0.0658. The molecule has 0 spiro atoms. The van der Waals surface area contributed by atoms with Gasteiger partial charge in [-0.15, -0.1) is 0 Å². The van der Waals surface area contributed by atoms with Crippen molar-refractivity contribution in [2.24, 2.45) is 5.92 Å². The number of nitriles is 1.